The van der Waals surface area contributed by atoms with Crippen LogP contribution in [0, 0.1) is 5.92 Å². The molecule has 2 fully saturated rings. The van der Waals surface area contributed by atoms with E-state index in [9.17, 15) is 0 Å². The second-order valence-electron chi connectivity index (χ2n) is 2.77. The first-order valence-corrected chi connectivity index (χ1v) is 3.41. The highest BCUT2D eigenvalue weighted by molar-refractivity contribution is 4.92. The van der Waals surface area contributed by atoms with Crippen LogP contribution in [0.5, 0.6) is 0 Å². The molecule has 0 amide bonds. The van der Waals surface area contributed by atoms with Gasteiger partial charge in [-0.05, 0) is 18.9 Å². The predicted molar refractivity (Wildman–Crippen MR) is 32.8 cm³/mol. The Morgan fingerprint density at radius 3 is 2.62 bits per heavy atom. The fourth-order valence-corrected chi connectivity index (χ4v) is 1.55. The molecule has 1 unspecified atom stereocenters. The number of hydrogen-bond acceptors (Lipinski definition) is 2. The molecule has 2 heteroatoms. The van der Waals surface area contributed by atoms with Gasteiger partial charge in [0.15, 0.2) is 0 Å². The molecule has 0 spiro atoms. The van der Waals surface area contributed by atoms with Gasteiger partial charge in [-0.3, -0.25) is 0 Å². The lowest BCUT2D eigenvalue weighted by Crippen LogP contribution is -2.60. The highest BCUT2D eigenvalue weighted by Gasteiger charge is 2.31. The first-order chi connectivity index (χ1) is 3.97. The van der Waals surface area contributed by atoms with Crippen molar-refractivity contribution in [1.82, 2.24) is 10.6 Å². The predicted octanol–water partition coefficient (Wildman–Crippen LogP) is -0.432. The number of nitrogens with one attached hydrogen (secondary N) is 2. The van der Waals surface area contributed by atoms with Gasteiger partial charge in [0.25, 0.3) is 0 Å². The van der Waals surface area contributed by atoms with Crippen molar-refractivity contribution in [3.63, 3.8) is 0 Å². The quantitative estimate of drug-likeness (QED) is 0.444. The highest BCUT2D eigenvalue weighted by Crippen LogP contribution is 2.17. The molecule has 2 heterocycles. The molecule has 0 aromatic carbocycles. The monoisotopic (exact) mass is 112 g/mol. The van der Waals surface area contributed by atoms with Crippen molar-refractivity contribution >= 4 is 0 Å². The fourth-order valence-electron chi connectivity index (χ4n) is 1.55. The molecule has 0 bridgehead atoms. The zero-order chi connectivity index (χ0) is 5.40. The maximum absolute atomic E-state index is 3.41. The van der Waals surface area contributed by atoms with Crippen molar-refractivity contribution in [2.24, 2.45) is 5.92 Å². The van der Waals surface area contributed by atoms with Gasteiger partial charge < -0.3 is 10.6 Å². The lowest BCUT2D eigenvalue weighted by atomic mass is 9.86. The van der Waals surface area contributed by atoms with E-state index < -0.39 is 0 Å². The molecular formula is C6H12N2. The third-order valence-electron chi connectivity index (χ3n) is 2.25. The van der Waals surface area contributed by atoms with Crippen LogP contribution in [0.2, 0.25) is 0 Å². The summed E-state index contributed by atoms with van der Waals surface area (Å²) in [5.41, 5.74) is 0. The van der Waals surface area contributed by atoms with Crippen LogP contribution >= 0.6 is 0 Å². The van der Waals surface area contributed by atoms with Gasteiger partial charge >= 0.3 is 0 Å². The minimum atomic E-state index is 0.872. The molecule has 0 aromatic rings. The Morgan fingerprint density at radius 2 is 2.25 bits per heavy atom. The highest BCUT2D eigenvalue weighted by atomic mass is 15.1. The molecule has 2 aliphatic heterocycles. The summed E-state index contributed by atoms with van der Waals surface area (Å²) in [6, 6.07) is 0.872. The summed E-state index contributed by atoms with van der Waals surface area (Å²) < 4.78 is 0. The van der Waals surface area contributed by atoms with E-state index in [1.54, 1.807) is 0 Å². The minimum absolute atomic E-state index is 0.872. The molecule has 0 aromatic heterocycles. The Balaban J connectivity index is 1.92. The van der Waals surface area contributed by atoms with Gasteiger partial charge in [-0.1, -0.05) is 0 Å². The molecule has 2 atom stereocenters. The SMILES string of the molecule is C1C[C@@H]2NCC2CN1. The normalized spacial score (nSPS) is 45.0. The standard InChI is InChI=1S/C6H12N2/c1-2-7-3-5-4-8-6(1)5/h5-8H,1-4H2/t5?,6-/m0/s1. The van der Waals surface area contributed by atoms with Crippen molar-refractivity contribution < 1.29 is 0 Å². The van der Waals surface area contributed by atoms with Gasteiger partial charge in [0.05, 0.1) is 0 Å². The summed E-state index contributed by atoms with van der Waals surface area (Å²) in [5, 5.41) is 6.78. The van der Waals surface area contributed by atoms with Crippen LogP contribution in [0.4, 0.5) is 0 Å². The summed E-state index contributed by atoms with van der Waals surface area (Å²) in [5.74, 6) is 0.962. The molecule has 2 N–H and O–H groups in total. The second kappa shape index (κ2) is 1.71. The molecule has 2 aliphatic rings. The first kappa shape index (κ1) is 4.77. The van der Waals surface area contributed by atoms with Crippen LogP contribution in [-0.2, 0) is 0 Å². The Hall–Kier alpha value is -0.0800. The zero-order valence-corrected chi connectivity index (χ0v) is 4.98. The molecule has 2 rings (SSSR count). The van der Waals surface area contributed by atoms with Gasteiger partial charge in [-0.2, -0.15) is 0 Å². The number of fused-ring (bicyclic) bond motifs is 1. The van der Waals surface area contributed by atoms with Gasteiger partial charge in [0, 0.05) is 19.1 Å². The molecule has 2 nitrogen and oxygen atoms in total. The van der Waals surface area contributed by atoms with Crippen molar-refractivity contribution in [3.8, 4) is 0 Å². The van der Waals surface area contributed by atoms with Gasteiger partial charge in [-0.15, -0.1) is 0 Å². The van der Waals surface area contributed by atoms with Crippen molar-refractivity contribution in [2.45, 2.75) is 12.5 Å². The van der Waals surface area contributed by atoms with Gasteiger partial charge in [-0.25, -0.2) is 0 Å². The number of piperidine rings is 1. The van der Waals surface area contributed by atoms with Crippen LogP contribution < -0.4 is 10.6 Å². The smallest absolute Gasteiger partial charge is 0.0132 e. The van der Waals surface area contributed by atoms with E-state index >= 15 is 0 Å². The zero-order valence-electron chi connectivity index (χ0n) is 4.98. The Bertz CT molecular complexity index is 80.5. The molecular weight excluding hydrogens is 100 g/mol. The van der Waals surface area contributed by atoms with Crippen LogP contribution in [0.25, 0.3) is 0 Å². The van der Waals surface area contributed by atoms with Crippen molar-refractivity contribution in [1.29, 1.82) is 0 Å². The Labute approximate surface area is 49.7 Å². The van der Waals surface area contributed by atoms with E-state index in [-0.39, 0.29) is 0 Å². The topological polar surface area (TPSA) is 24.1 Å². The van der Waals surface area contributed by atoms with Gasteiger partial charge in [0.2, 0.25) is 0 Å². The lowest BCUT2D eigenvalue weighted by molar-refractivity contribution is 0.181. The summed E-state index contributed by atoms with van der Waals surface area (Å²) in [6.07, 6.45) is 1.34. The molecule has 0 saturated carbocycles. The number of rotatable bonds is 0. The van der Waals surface area contributed by atoms with E-state index in [2.05, 4.69) is 10.6 Å². The largest absolute Gasteiger partial charge is 0.316 e. The van der Waals surface area contributed by atoms with Crippen LogP contribution in [0.15, 0.2) is 0 Å². The minimum Gasteiger partial charge on any atom is -0.316 e. The van der Waals surface area contributed by atoms with Crippen LogP contribution in [0.1, 0.15) is 6.42 Å². The van der Waals surface area contributed by atoms with E-state index in [1.807, 2.05) is 0 Å². The van der Waals surface area contributed by atoms with E-state index in [0.29, 0.717) is 0 Å². The van der Waals surface area contributed by atoms with Crippen LogP contribution in [0.3, 0.4) is 0 Å². The van der Waals surface area contributed by atoms with Crippen molar-refractivity contribution in [3.05, 3.63) is 0 Å². The lowest BCUT2D eigenvalue weighted by Gasteiger charge is -2.41. The Morgan fingerprint density at radius 1 is 1.25 bits per heavy atom. The maximum atomic E-state index is 3.41. The molecule has 46 valence electrons. The first-order valence-electron chi connectivity index (χ1n) is 3.41. The van der Waals surface area contributed by atoms with E-state index in [1.165, 1.54) is 26.1 Å². The second-order valence-corrected chi connectivity index (χ2v) is 2.77. The van der Waals surface area contributed by atoms with Crippen LogP contribution in [-0.4, -0.2) is 25.7 Å². The molecule has 8 heavy (non-hydrogen) atoms. The summed E-state index contributed by atoms with van der Waals surface area (Å²) in [6.45, 7) is 3.71. The maximum Gasteiger partial charge on any atom is 0.0132 e. The van der Waals surface area contributed by atoms with Crippen molar-refractivity contribution in [2.75, 3.05) is 19.6 Å². The third kappa shape index (κ3) is 0.565. The average molecular weight is 112 g/mol. The third-order valence-corrected chi connectivity index (χ3v) is 2.25. The van der Waals surface area contributed by atoms with E-state index in [4.69, 9.17) is 0 Å². The number of hydrogen-bond donors (Lipinski definition) is 2. The Kier molecular flexibility index (Phi) is 1.02. The average Bonchev–Trinajstić information content (AvgIpc) is 1.72. The molecule has 0 aliphatic carbocycles. The summed E-state index contributed by atoms with van der Waals surface area (Å²) in [4.78, 5) is 0. The summed E-state index contributed by atoms with van der Waals surface area (Å²) >= 11 is 0. The molecule has 2 saturated heterocycles. The molecule has 0 radical (unpaired) electrons. The fraction of sp³-hybridized carbons (Fsp3) is 1.00. The van der Waals surface area contributed by atoms with E-state index in [0.717, 1.165) is 12.0 Å². The van der Waals surface area contributed by atoms with Gasteiger partial charge in [0.1, 0.15) is 0 Å². The summed E-state index contributed by atoms with van der Waals surface area (Å²) in [7, 11) is 0.